The minimum absolute atomic E-state index is 0.167. The fraction of sp³-hybridized carbons (Fsp3) is 0.0435. The lowest BCUT2D eigenvalue weighted by Crippen LogP contribution is -2.19. The monoisotopic (exact) mass is 426 g/mol. The highest BCUT2D eigenvalue weighted by Gasteiger charge is 2.11. The van der Waals surface area contributed by atoms with Gasteiger partial charge in [-0.25, -0.2) is 15.1 Å². The summed E-state index contributed by atoms with van der Waals surface area (Å²) in [5.74, 6) is -0.223. The van der Waals surface area contributed by atoms with E-state index in [4.69, 9.17) is 5.10 Å². The molecule has 1 N–H and O–H groups in total. The molecule has 5 rings (SSSR count). The van der Waals surface area contributed by atoms with Gasteiger partial charge < -0.3 is 0 Å². The lowest BCUT2D eigenvalue weighted by molar-refractivity contribution is -0.120. The molecule has 7 nitrogen and oxygen atoms in total. The van der Waals surface area contributed by atoms with E-state index in [9.17, 15) is 4.79 Å². The third kappa shape index (κ3) is 4.15. The number of benzene rings is 2. The van der Waals surface area contributed by atoms with E-state index in [-0.39, 0.29) is 12.3 Å². The molecule has 31 heavy (non-hydrogen) atoms. The number of nitrogens with zero attached hydrogens (tertiary/aromatic N) is 5. The summed E-state index contributed by atoms with van der Waals surface area (Å²) < 4.78 is 3.71. The fourth-order valence-corrected chi connectivity index (χ4v) is 3.97. The minimum Gasteiger partial charge on any atom is -0.297 e. The van der Waals surface area contributed by atoms with Crippen molar-refractivity contribution in [2.75, 3.05) is 0 Å². The molecule has 1 amide bonds. The van der Waals surface area contributed by atoms with Gasteiger partial charge in [-0.05, 0) is 12.1 Å². The van der Waals surface area contributed by atoms with Crippen molar-refractivity contribution in [3.63, 3.8) is 0 Å². The van der Waals surface area contributed by atoms with Crippen molar-refractivity contribution in [1.29, 1.82) is 0 Å². The quantitative estimate of drug-likeness (QED) is 0.330. The lowest BCUT2D eigenvalue weighted by Gasteiger charge is -2.00. The summed E-state index contributed by atoms with van der Waals surface area (Å²) in [5, 5.41) is 10.9. The van der Waals surface area contributed by atoms with Crippen LogP contribution < -0.4 is 5.43 Å². The average Bonchev–Trinajstić information content (AvgIpc) is 3.50. The highest BCUT2D eigenvalue weighted by Crippen LogP contribution is 2.22. The van der Waals surface area contributed by atoms with Gasteiger partial charge in [-0.2, -0.15) is 10.2 Å². The highest BCUT2D eigenvalue weighted by atomic mass is 32.1. The molecular formula is C23H18N6OS. The number of imidazole rings is 1. The van der Waals surface area contributed by atoms with E-state index < -0.39 is 0 Å². The highest BCUT2D eigenvalue weighted by molar-refractivity contribution is 7.15. The lowest BCUT2D eigenvalue weighted by atomic mass is 10.1. The Morgan fingerprint density at radius 1 is 1.06 bits per heavy atom. The second kappa shape index (κ2) is 8.37. The van der Waals surface area contributed by atoms with Gasteiger partial charge in [-0.1, -0.05) is 48.5 Å². The Hall–Kier alpha value is -4.04. The van der Waals surface area contributed by atoms with E-state index in [0.717, 1.165) is 27.5 Å². The number of hydrazone groups is 1. The Bertz CT molecular complexity index is 1320. The summed E-state index contributed by atoms with van der Waals surface area (Å²) in [6.45, 7) is 0. The van der Waals surface area contributed by atoms with Crippen LogP contribution in [0.5, 0.6) is 0 Å². The second-order valence-electron chi connectivity index (χ2n) is 6.87. The van der Waals surface area contributed by atoms with Crippen molar-refractivity contribution in [3.05, 3.63) is 95.9 Å². The molecule has 5 aromatic rings. The molecule has 0 aliphatic heterocycles. The number of hydrogen-bond acceptors (Lipinski definition) is 5. The predicted molar refractivity (Wildman–Crippen MR) is 122 cm³/mol. The predicted octanol–water partition coefficient (Wildman–Crippen LogP) is 3.94. The van der Waals surface area contributed by atoms with Crippen molar-refractivity contribution in [2.45, 2.75) is 6.42 Å². The van der Waals surface area contributed by atoms with Gasteiger partial charge in [0.15, 0.2) is 4.96 Å². The number of aromatic nitrogens is 4. The van der Waals surface area contributed by atoms with Crippen LogP contribution in [-0.2, 0) is 11.2 Å². The van der Waals surface area contributed by atoms with E-state index in [0.29, 0.717) is 5.69 Å². The van der Waals surface area contributed by atoms with E-state index >= 15 is 0 Å². The molecule has 0 unspecified atom stereocenters. The Kier molecular flexibility index (Phi) is 5.12. The first kappa shape index (κ1) is 19.0. The molecule has 0 spiro atoms. The van der Waals surface area contributed by atoms with Crippen molar-refractivity contribution >= 4 is 28.4 Å². The third-order valence-electron chi connectivity index (χ3n) is 4.69. The number of rotatable bonds is 6. The number of carbonyl (C=O) groups is 1. The standard InChI is InChI=1S/C23H18N6OS/c30-21(13-19-16-28-11-12-31-23(28)25-19)26-24-14-18-15-29(20-9-5-2-6-10-20)27-22(18)17-7-3-1-4-8-17/h1-12,14-16H,13H2,(H,26,30)/b24-14-. The van der Waals surface area contributed by atoms with Crippen LogP contribution in [0.15, 0.2) is 89.7 Å². The summed E-state index contributed by atoms with van der Waals surface area (Å²) in [6.07, 6.45) is 7.46. The molecule has 3 aromatic heterocycles. The maximum Gasteiger partial charge on any atom is 0.246 e. The van der Waals surface area contributed by atoms with Crippen LogP contribution in [-0.4, -0.2) is 31.3 Å². The summed E-state index contributed by atoms with van der Waals surface area (Å²) in [5.41, 5.74) is 6.82. The van der Waals surface area contributed by atoms with Gasteiger partial charge in [0.1, 0.15) is 5.69 Å². The molecule has 2 aromatic carbocycles. The van der Waals surface area contributed by atoms with Gasteiger partial charge in [0, 0.05) is 35.1 Å². The first-order valence-corrected chi connectivity index (χ1v) is 10.6. The maximum absolute atomic E-state index is 12.3. The van der Waals surface area contributed by atoms with E-state index in [1.807, 2.05) is 93.7 Å². The van der Waals surface area contributed by atoms with Gasteiger partial charge >= 0.3 is 0 Å². The number of thiazole rings is 1. The van der Waals surface area contributed by atoms with Crippen molar-refractivity contribution in [3.8, 4) is 16.9 Å². The third-order valence-corrected chi connectivity index (χ3v) is 5.46. The Balaban J connectivity index is 1.35. The van der Waals surface area contributed by atoms with Crippen LogP contribution in [0.1, 0.15) is 11.3 Å². The Labute approximate surface area is 182 Å². The largest absolute Gasteiger partial charge is 0.297 e. The van der Waals surface area contributed by atoms with Crippen LogP contribution in [0.4, 0.5) is 0 Å². The average molecular weight is 427 g/mol. The number of hydrogen-bond donors (Lipinski definition) is 1. The molecular weight excluding hydrogens is 408 g/mol. The van der Waals surface area contributed by atoms with E-state index in [1.54, 1.807) is 6.21 Å². The molecule has 0 bridgehead atoms. The summed E-state index contributed by atoms with van der Waals surface area (Å²) >= 11 is 1.53. The minimum atomic E-state index is -0.223. The van der Waals surface area contributed by atoms with Crippen molar-refractivity contribution in [1.82, 2.24) is 24.6 Å². The van der Waals surface area contributed by atoms with Crippen molar-refractivity contribution < 1.29 is 4.79 Å². The van der Waals surface area contributed by atoms with Gasteiger partial charge in [0.05, 0.1) is 24.0 Å². The number of fused-ring (bicyclic) bond motifs is 1. The SMILES string of the molecule is O=C(Cc1cn2ccsc2n1)N/N=C\c1cn(-c2ccccc2)nc1-c1ccccc1. The van der Waals surface area contributed by atoms with Crippen LogP contribution in [0.25, 0.3) is 21.9 Å². The molecule has 3 heterocycles. The molecule has 0 fully saturated rings. The zero-order valence-electron chi connectivity index (χ0n) is 16.4. The molecule has 0 aliphatic carbocycles. The van der Waals surface area contributed by atoms with Crippen LogP contribution >= 0.6 is 11.3 Å². The molecule has 0 radical (unpaired) electrons. The molecule has 0 saturated heterocycles. The fourth-order valence-electron chi connectivity index (χ4n) is 3.25. The molecule has 0 atom stereocenters. The van der Waals surface area contributed by atoms with Gasteiger partial charge in [-0.15, -0.1) is 11.3 Å². The maximum atomic E-state index is 12.3. The smallest absolute Gasteiger partial charge is 0.246 e. The topological polar surface area (TPSA) is 76.6 Å². The van der Waals surface area contributed by atoms with Gasteiger partial charge in [0.25, 0.3) is 0 Å². The zero-order chi connectivity index (χ0) is 21.0. The van der Waals surface area contributed by atoms with Crippen LogP contribution in [0.2, 0.25) is 0 Å². The molecule has 0 aliphatic rings. The first-order chi connectivity index (χ1) is 15.3. The summed E-state index contributed by atoms with van der Waals surface area (Å²) in [4.78, 5) is 17.6. The zero-order valence-corrected chi connectivity index (χ0v) is 17.2. The normalized spacial score (nSPS) is 11.4. The van der Waals surface area contributed by atoms with Crippen LogP contribution in [0.3, 0.4) is 0 Å². The Morgan fingerprint density at radius 2 is 1.84 bits per heavy atom. The Morgan fingerprint density at radius 3 is 2.61 bits per heavy atom. The molecule has 152 valence electrons. The number of carbonyl (C=O) groups excluding carboxylic acids is 1. The van der Waals surface area contributed by atoms with E-state index in [1.165, 1.54) is 11.3 Å². The van der Waals surface area contributed by atoms with Crippen LogP contribution in [0, 0.1) is 0 Å². The number of para-hydroxylation sites is 1. The van der Waals surface area contributed by atoms with Crippen molar-refractivity contribution in [2.24, 2.45) is 5.10 Å². The number of nitrogens with one attached hydrogen (secondary N) is 1. The molecule has 8 heteroatoms. The molecule has 0 saturated carbocycles. The van der Waals surface area contributed by atoms with E-state index in [2.05, 4.69) is 15.5 Å². The second-order valence-corrected chi connectivity index (χ2v) is 7.75. The van der Waals surface area contributed by atoms with Gasteiger partial charge in [-0.3, -0.25) is 9.20 Å². The summed E-state index contributed by atoms with van der Waals surface area (Å²) in [7, 11) is 0. The number of amides is 1. The first-order valence-electron chi connectivity index (χ1n) is 9.70. The van der Waals surface area contributed by atoms with Gasteiger partial charge in [0.2, 0.25) is 5.91 Å². The summed E-state index contributed by atoms with van der Waals surface area (Å²) in [6, 6.07) is 19.8.